The first-order valence-electron chi connectivity index (χ1n) is 4.15. The van der Waals surface area contributed by atoms with E-state index in [1.807, 2.05) is 12.1 Å². The zero-order valence-electron chi connectivity index (χ0n) is 6.96. The molecule has 0 unspecified atom stereocenters. The van der Waals surface area contributed by atoms with E-state index in [9.17, 15) is 4.79 Å². The van der Waals surface area contributed by atoms with Gasteiger partial charge in [0.15, 0.2) is 0 Å². The third-order valence-corrected chi connectivity index (χ3v) is 2.88. The van der Waals surface area contributed by atoms with Crippen molar-refractivity contribution < 1.29 is 9.90 Å². The summed E-state index contributed by atoms with van der Waals surface area (Å²) in [6, 6.07) is 7.16. The quantitative estimate of drug-likeness (QED) is 0.789. The minimum atomic E-state index is -0.763. The van der Waals surface area contributed by atoms with Crippen LogP contribution in [-0.2, 0) is 10.2 Å². The van der Waals surface area contributed by atoms with E-state index in [4.69, 9.17) is 16.7 Å². The number of hydrogen-bond donors (Lipinski definition) is 1. The van der Waals surface area contributed by atoms with Crippen LogP contribution in [0.15, 0.2) is 24.3 Å². The molecule has 2 nitrogen and oxygen atoms in total. The summed E-state index contributed by atoms with van der Waals surface area (Å²) in [5, 5.41) is 9.58. The molecule has 1 aliphatic carbocycles. The smallest absolute Gasteiger partial charge is 0.314 e. The summed E-state index contributed by atoms with van der Waals surface area (Å²) in [6.45, 7) is 0. The van der Waals surface area contributed by atoms with Crippen molar-refractivity contribution in [3.8, 4) is 0 Å². The summed E-state index contributed by atoms with van der Waals surface area (Å²) in [5.41, 5.74) is 0.0717. The highest BCUT2D eigenvalue weighted by Crippen LogP contribution is 2.50. The van der Waals surface area contributed by atoms with Crippen LogP contribution in [0.2, 0.25) is 5.02 Å². The van der Waals surface area contributed by atoms with Gasteiger partial charge >= 0.3 is 5.97 Å². The van der Waals surface area contributed by atoms with Crippen LogP contribution in [0.4, 0.5) is 0 Å². The molecule has 0 heterocycles. The van der Waals surface area contributed by atoms with E-state index >= 15 is 0 Å². The molecular formula is C10H9ClO2. The van der Waals surface area contributed by atoms with Crippen molar-refractivity contribution in [3.05, 3.63) is 34.9 Å². The third-order valence-electron chi connectivity index (χ3n) is 2.55. The summed E-state index contributed by atoms with van der Waals surface area (Å²) >= 11 is 5.93. The highest BCUT2D eigenvalue weighted by molar-refractivity contribution is 6.31. The van der Waals surface area contributed by atoms with Crippen molar-refractivity contribution in [2.45, 2.75) is 18.3 Å². The fourth-order valence-electron chi connectivity index (χ4n) is 1.57. The Kier molecular flexibility index (Phi) is 1.81. The highest BCUT2D eigenvalue weighted by Gasteiger charge is 2.52. The lowest BCUT2D eigenvalue weighted by molar-refractivity contribution is -0.140. The van der Waals surface area contributed by atoms with Crippen LogP contribution in [0, 0.1) is 0 Å². The van der Waals surface area contributed by atoms with Gasteiger partial charge in [0.25, 0.3) is 0 Å². The van der Waals surface area contributed by atoms with Crippen LogP contribution in [0.5, 0.6) is 0 Å². The van der Waals surface area contributed by atoms with Gasteiger partial charge in [0.2, 0.25) is 0 Å². The van der Waals surface area contributed by atoms with Crippen LogP contribution in [-0.4, -0.2) is 11.1 Å². The lowest BCUT2D eigenvalue weighted by Crippen LogP contribution is -2.19. The van der Waals surface area contributed by atoms with Gasteiger partial charge < -0.3 is 5.11 Å². The van der Waals surface area contributed by atoms with E-state index < -0.39 is 11.4 Å². The maximum atomic E-state index is 11.0. The number of halogens is 1. The molecule has 0 saturated heterocycles. The molecule has 0 aliphatic heterocycles. The van der Waals surface area contributed by atoms with Gasteiger partial charge in [-0.3, -0.25) is 4.79 Å². The number of benzene rings is 1. The zero-order chi connectivity index (χ0) is 9.47. The SMILES string of the molecule is O=C(O)C1(c2ccccc2Cl)CC1. The van der Waals surface area contributed by atoms with E-state index in [0.717, 1.165) is 5.56 Å². The van der Waals surface area contributed by atoms with Gasteiger partial charge in [-0.1, -0.05) is 29.8 Å². The number of aliphatic carboxylic acids is 1. The first-order chi connectivity index (χ1) is 6.17. The van der Waals surface area contributed by atoms with Gasteiger partial charge in [-0.15, -0.1) is 0 Å². The first-order valence-corrected chi connectivity index (χ1v) is 4.53. The van der Waals surface area contributed by atoms with Crippen molar-refractivity contribution >= 4 is 17.6 Å². The van der Waals surface area contributed by atoms with E-state index in [-0.39, 0.29) is 0 Å². The summed E-state index contributed by atoms with van der Waals surface area (Å²) in [6.07, 6.45) is 1.40. The van der Waals surface area contributed by atoms with Crippen molar-refractivity contribution in [3.63, 3.8) is 0 Å². The minimum Gasteiger partial charge on any atom is -0.481 e. The Bertz CT molecular complexity index is 356. The maximum absolute atomic E-state index is 11.0. The van der Waals surface area contributed by atoms with Gasteiger partial charge in [0, 0.05) is 5.02 Å². The van der Waals surface area contributed by atoms with Crippen LogP contribution >= 0.6 is 11.6 Å². The molecule has 1 N–H and O–H groups in total. The molecule has 1 aromatic carbocycles. The molecule has 0 atom stereocenters. The summed E-state index contributed by atoms with van der Waals surface area (Å²) < 4.78 is 0. The van der Waals surface area contributed by atoms with E-state index in [1.165, 1.54) is 0 Å². The monoisotopic (exact) mass is 196 g/mol. The standard InChI is InChI=1S/C10H9ClO2/c11-8-4-2-1-3-7(8)10(5-6-10)9(12)13/h1-4H,5-6H2,(H,12,13). The minimum absolute atomic E-state index is 0.558. The molecule has 0 amide bonds. The predicted molar refractivity (Wildman–Crippen MR) is 50.0 cm³/mol. The molecule has 13 heavy (non-hydrogen) atoms. The average Bonchev–Trinajstić information content (AvgIpc) is 2.85. The molecule has 1 saturated carbocycles. The summed E-state index contributed by atoms with van der Waals surface area (Å²) in [4.78, 5) is 11.0. The Balaban J connectivity index is 2.47. The van der Waals surface area contributed by atoms with Gasteiger partial charge in [0.1, 0.15) is 0 Å². The molecule has 68 valence electrons. The van der Waals surface area contributed by atoms with Crippen LogP contribution in [0.1, 0.15) is 18.4 Å². The Morgan fingerprint density at radius 2 is 2.00 bits per heavy atom. The fourth-order valence-corrected chi connectivity index (χ4v) is 1.89. The van der Waals surface area contributed by atoms with E-state index in [1.54, 1.807) is 12.1 Å². The lowest BCUT2D eigenvalue weighted by Gasteiger charge is -2.11. The molecule has 3 heteroatoms. The normalized spacial score (nSPS) is 18.2. The Morgan fingerprint density at radius 3 is 2.46 bits per heavy atom. The second-order valence-electron chi connectivity index (χ2n) is 3.37. The largest absolute Gasteiger partial charge is 0.481 e. The topological polar surface area (TPSA) is 37.3 Å². The maximum Gasteiger partial charge on any atom is 0.314 e. The van der Waals surface area contributed by atoms with Crippen molar-refractivity contribution in [1.29, 1.82) is 0 Å². The van der Waals surface area contributed by atoms with E-state index in [0.29, 0.717) is 17.9 Å². The van der Waals surface area contributed by atoms with Gasteiger partial charge in [-0.2, -0.15) is 0 Å². The molecule has 0 radical (unpaired) electrons. The van der Waals surface area contributed by atoms with Gasteiger partial charge in [-0.05, 0) is 24.5 Å². The van der Waals surface area contributed by atoms with Gasteiger partial charge in [0.05, 0.1) is 5.41 Å². The molecule has 0 aromatic heterocycles. The highest BCUT2D eigenvalue weighted by atomic mass is 35.5. The molecule has 1 aromatic rings. The second-order valence-corrected chi connectivity index (χ2v) is 3.77. The van der Waals surface area contributed by atoms with Gasteiger partial charge in [-0.25, -0.2) is 0 Å². The van der Waals surface area contributed by atoms with Crippen molar-refractivity contribution in [1.82, 2.24) is 0 Å². The van der Waals surface area contributed by atoms with Crippen LogP contribution in [0.3, 0.4) is 0 Å². The summed E-state index contributed by atoms with van der Waals surface area (Å²) in [5.74, 6) is -0.763. The Morgan fingerprint density at radius 1 is 1.38 bits per heavy atom. The van der Waals surface area contributed by atoms with Crippen LogP contribution in [0.25, 0.3) is 0 Å². The number of carboxylic acids is 1. The molecule has 1 fully saturated rings. The average molecular weight is 197 g/mol. The molecule has 0 spiro atoms. The zero-order valence-corrected chi connectivity index (χ0v) is 7.71. The number of carbonyl (C=O) groups is 1. The summed E-state index contributed by atoms with van der Waals surface area (Å²) in [7, 11) is 0. The van der Waals surface area contributed by atoms with Crippen molar-refractivity contribution in [2.24, 2.45) is 0 Å². The molecule has 0 bridgehead atoms. The molecule has 2 rings (SSSR count). The van der Waals surface area contributed by atoms with E-state index in [2.05, 4.69) is 0 Å². The fraction of sp³-hybridized carbons (Fsp3) is 0.300. The van der Waals surface area contributed by atoms with Crippen molar-refractivity contribution in [2.75, 3.05) is 0 Å². The second kappa shape index (κ2) is 2.74. The molecule has 1 aliphatic rings. The van der Waals surface area contributed by atoms with Crippen LogP contribution < -0.4 is 0 Å². The number of carboxylic acid groups (broad SMARTS) is 1. The first kappa shape index (κ1) is 8.57. The third kappa shape index (κ3) is 1.22. The predicted octanol–water partition coefficient (Wildman–Crippen LogP) is 2.46. The molecular weight excluding hydrogens is 188 g/mol. The number of rotatable bonds is 2. The lowest BCUT2D eigenvalue weighted by atomic mass is 9.96. The Hall–Kier alpha value is -1.02. The number of hydrogen-bond acceptors (Lipinski definition) is 1. The Labute approximate surface area is 81.1 Å².